The second-order valence-electron chi connectivity index (χ2n) is 8.58. The molecule has 1 saturated heterocycles. The molecule has 0 amide bonds. The SMILES string of the molecule is CN=C(NCc1cccc(COC2CCOCC2)c1)NCc1ccccc1OCC1CC1. The Morgan fingerprint density at radius 3 is 2.56 bits per heavy atom. The quantitative estimate of drug-likeness (QED) is 0.434. The minimum Gasteiger partial charge on any atom is -0.493 e. The monoisotopic (exact) mass is 437 g/mol. The van der Waals surface area contributed by atoms with Crippen molar-refractivity contribution in [2.45, 2.75) is 51.5 Å². The fourth-order valence-corrected chi connectivity index (χ4v) is 3.75. The van der Waals surface area contributed by atoms with E-state index in [4.69, 9.17) is 14.2 Å². The first-order chi connectivity index (χ1) is 15.8. The van der Waals surface area contributed by atoms with Crippen LogP contribution in [0.15, 0.2) is 53.5 Å². The normalized spacial score (nSPS) is 17.2. The molecule has 2 N–H and O–H groups in total. The average Bonchev–Trinajstić information content (AvgIpc) is 3.68. The lowest BCUT2D eigenvalue weighted by molar-refractivity contribution is -0.0390. The van der Waals surface area contributed by atoms with Crippen LogP contribution in [0.1, 0.15) is 42.4 Å². The van der Waals surface area contributed by atoms with E-state index in [2.05, 4.69) is 46.0 Å². The van der Waals surface area contributed by atoms with Gasteiger partial charge in [-0.2, -0.15) is 0 Å². The number of aliphatic imine (C=N–C) groups is 1. The molecule has 2 fully saturated rings. The van der Waals surface area contributed by atoms with Crippen LogP contribution in [0.5, 0.6) is 5.75 Å². The molecule has 0 spiro atoms. The second kappa shape index (κ2) is 11.9. The fourth-order valence-electron chi connectivity index (χ4n) is 3.75. The predicted molar refractivity (Wildman–Crippen MR) is 127 cm³/mol. The molecule has 2 aliphatic rings. The number of nitrogens with zero attached hydrogens (tertiary/aromatic N) is 1. The summed E-state index contributed by atoms with van der Waals surface area (Å²) in [4.78, 5) is 4.37. The molecule has 0 aromatic heterocycles. The van der Waals surface area contributed by atoms with Crippen molar-refractivity contribution in [1.29, 1.82) is 0 Å². The van der Waals surface area contributed by atoms with E-state index in [1.165, 1.54) is 24.0 Å². The number of ether oxygens (including phenoxy) is 3. The first kappa shape index (κ1) is 22.6. The van der Waals surface area contributed by atoms with E-state index < -0.39 is 0 Å². The summed E-state index contributed by atoms with van der Waals surface area (Å²) < 4.78 is 17.5. The lowest BCUT2D eigenvalue weighted by Crippen LogP contribution is -2.36. The lowest BCUT2D eigenvalue weighted by atomic mass is 10.1. The van der Waals surface area contributed by atoms with Gasteiger partial charge in [0.05, 0.1) is 19.3 Å². The summed E-state index contributed by atoms with van der Waals surface area (Å²) in [6.07, 6.45) is 4.86. The topological polar surface area (TPSA) is 64.1 Å². The molecule has 6 heteroatoms. The molecule has 0 unspecified atom stereocenters. The number of guanidine groups is 1. The van der Waals surface area contributed by atoms with E-state index >= 15 is 0 Å². The number of nitrogens with one attached hydrogen (secondary N) is 2. The van der Waals surface area contributed by atoms with Crippen molar-refractivity contribution in [1.82, 2.24) is 10.6 Å². The molecule has 1 saturated carbocycles. The van der Waals surface area contributed by atoms with Crippen LogP contribution in [0.3, 0.4) is 0 Å². The number of para-hydroxylation sites is 1. The van der Waals surface area contributed by atoms with Gasteiger partial charge in [0.2, 0.25) is 0 Å². The molecular weight excluding hydrogens is 402 g/mol. The number of rotatable bonds is 10. The maximum absolute atomic E-state index is 6.06. The third-order valence-corrected chi connectivity index (χ3v) is 5.92. The van der Waals surface area contributed by atoms with Crippen molar-refractivity contribution in [3.8, 4) is 5.75 Å². The van der Waals surface area contributed by atoms with E-state index in [0.29, 0.717) is 25.8 Å². The molecular formula is C26H35N3O3. The highest BCUT2D eigenvalue weighted by atomic mass is 16.5. The van der Waals surface area contributed by atoms with E-state index in [0.717, 1.165) is 55.9 Å². The Labute approximate surface area is 191 Å². The molecule has 32 heavy (non-hydrogen) atoms. The van der Waals surface area contributed by atoms with E-state index in [1.54, 1.807) is 7.05 Å². The lowest BCUT2D eigenvalue weighted by Gasteiger charge is -2.22. The predicted octanol–water partition coefficient (Wildman–Crippen LogP) is 4.04. The zero-order valence-electron chi connectivity index (χ0n) is 19.0. The Hall–Kier alpha value is -2.57. The van der Waals surface area contributed by atoms with E-state index in [1.807, 2.05) is 18.2 Å². The summed E-state index contributed by atoms with van der Waals surface area (Å²) >= 11 is 0. The molecule has 2 aromatic carbocycles. The van der Waals surface area contributed by atoms with Crippen LogP contribution in [0.2, 0.25) is 0 Å². The molecule has 6 nitrogen and oxygen atoms in total. The van der Waals surface area contributed by atoms with Gasteiger partial charge in [-0.25, -0.2) is 0 Å². The van der Waals surface area contributed by atoms with Gasteiger partial charge in [-0.05, 0) is 48.8 Å². The molecule has 1 heterocycles. The van der Waals surface area contributed by atoms with Crippen LogP contribution in [0.4, 0.5) is 0 Å². The summed E-state index contributed by atoms with van der Waals surface area (Å²) in [6.45, 7) is 4.43. The third-order valence-electron chi connectivity index (χ3n) is 5.92. The van der Waals surface area contributed by atoms with Crippen LogP contribution >= 0.6 is 0 Å². The van der Waals surface area contributed by atoms with Crippen molar-refractivity contribution in [3.63, 3.8) is 0 Å². The number of hydrogen-bond acceptors (Lipinski definition) is 4. The highest BCUT2D eigenvalue weighted by molar-refractivity contribution is 5.79. The Bertz CT molecular complexity index is 876. The third kappa shape index (κ3) is 7.24. The van der Waals surface area contributed by atoms with Gasteiger partial charge in [0.1, 0.15) is 5.75 Å². The van der Waals surface area contributed by atoms with Crippen LogP contribution in [0, 0.1) is 5.92 Å². The van der Waals surface area contributed by atoms with Crippen molar-refractivity contribution >= 4 is 5.96 Å². The smallest absolute Gasteiger partial charge is 0.191 e. The van der Waals surface area contributed by atoms with E-state index in [-0.39, 0.29) is 0 Å². The largest absolute Gasteiger partial charge is 0.493 e. The minimum atomic E-state index is 0.310. The van der Waals surface area contributed by atoms with Crippen molar-refractivity contribution in [2.24, 2.45) is 10.9 Å². The molecule has 0 atom stereocenters. The van der Waals surface area contributed by atoms with Crippen LogP contribution in [-0.4, -0.2) is 38.9 Å². The Morgan fingerprint density at radius 1 is 0.969 bits per heavy atom. The van der Waals surface area contributed by atoms with Crippen LogP contribution in [-0.2, 0) is 29.2 Å². The van der Waals surface area contributed by atoms with Crippen LogP contribution < -0.4 is 15.4 Å². The summed E-state index contributed by atoms with van der Waals surface area (Å²) in [5.74, 6) is 2.47. The van der Waals surface area contributed by atoms with Crippen molar-refractivity contribution in [3.05, 3.63) is 65.2 Å². The molecule has 0 bridgehead atoms. The van der Waals surface area contributed by atoms with Crippen LogP contribution in [0.25, 0.3) is 0 Å². The molecule has 4 rings (SSSR count). The summed E-state index contributed by atoms with van der Waals surface area (Å²) in [7, 11) is 1.79. The molecule has 172 valence electrons. The summed E-state index contributed by atoms with van der Waals surface area (Å²) in [6, 6.07) is 16.7. The Morgan fingerprint density at radius 2 is 1.75 bits per heavy atom. The first-order valence-electron chi connectivity index (χ1n) is 11.7. The first-order valence-corrected chi connectivity index (χ1v) is 11.7. The Kier molecular flexibility index (Phi) is 8.40. The zero-order chi connectivity index (χ0) is 22.0. The van der Waals surface area contributed by atoms with Gasteiger partial charge in [0, 0.05) is 38.9 Å². The molecule has 0 radical (unpaired) electrons. The fraction of sp³-hybridized carbons (Fsp3) is 0.500. The van der Waals surface area contributed by atoms with E-state index in [9.17, 15) is 0 Å². The maximum Gasteiger partial charge on any atom is 0.191 e. The number of hydrogen-bond donors (Lipinski definition) is 2. The highest BCUT2D eigenvalue weighted by Crippen LogP contribution is 2.30. The molecule has 1 aliphatic heterocycles. The minimum absolute atomic E-state index is 0.310. The van der Waals surface area contributed by atoms with Gasteiger partial charge in [-0.3, -0.25) is 4.99 Å². The second-order valence-corrected chi connectivity index (χ2v) is 8.58. The van der Waals surface area contributed by atoms with Gasteiger partial charge >= 0.3 is 0 Å². The number of benzene rings is 2. The van der Waals surface area contributed by atoms with Crippen molar-refractivity contribution < 1.29 is 14.2 Å². The molecule has 1 aliphatic carbocycles. The Balaban J connectivity index is 1.24. The molecule has 2 aromatic rings. The summed E-state index contributed by atoms with van der Waals surface area (Å²) in [5, 5.41) is 6.81. The van der Waals surface area contributed by atoms with Gasteiger partial charge < -0.3 is 24.8 Å². The van der Waals surface area contributed by atoms with Gasteiger partial charge in [0.25, 0.3) is 0 Å². The standard InChI is InChI=1S/C26H35N3O3/c1-27-26(29-17-23-7-2-3-8-25(23)32-18-20-9-10-20)28-16-21-5-4-6-22(15-21)19-31-24-11-13-30-14-12-24/h2-8,15,20,24H,9-14,16-19H2,1H3,(H2,27,28,29). The van der Waals surface area contributed by atoms with Crippen molar-refractivity contribution in [2.75, 3.05) is 26.9 Å². The van der Waals surface area contributed by atoms with Gasteiger partial charge in [0.15, 0.2) is 5.96 Å². The average molecular weight is 438 g/mol. The maximum atomic E-state index is 6.06. The van der Waals surface area contributed by atoms with Gasteiger partial charge in [-0.1, -0.05) is 42.5 Å². The highest BCUT2D eigenvalue weighted by Gasteiger charge is 2.22. The zero-order valence-corrected chi connectivity index (χ0v) is 19.0. The summed E-state index contributed by atoms with van der Waals surface area (Å²) in [5.41, 5.74) is 3.54. The van der Waals surface area contributed by atoms with Gasteiger partial charge in [-0.15, -0.1) is 0 Å².